The second-order valence-electron chi connectivity index (χ2n) is 7.28. The molecule has 1 heterocycles. The number of rotatable bonds is 7. The summed E-state index contributed by atoms with van der Waals surface area (Å²) in [5.41, 5.74) is 2.47. The van der Waals surface area contributed by atoms with E-state index in [9.17, 15) is 19.8 Å². The molecule has 1 aromatic heterocycles. The maximum absolute atomic E-state index is 12.2. The molecule has 0 saturated heterocycles. The van der Waals surface area contributed by atoms with Gasteiger partial charge in [-0.25, -0.2) is 0 Å². The topological polar surface area (TPSA) is 90.4 Å². The number of carboxylic acid groups (broad SMARTS) is 2. The first-order valence-corrected chi connectivity index (χ1v) is 9.53. The number of hydrogen-bond donors (Lipinski definition) is 3. The van der Waals surface area contributed by atoms with Crippen LogP contribution in [0.4, 0.5) is 0 Å². The zero-order valence-electron chi connectivity index (χ0n) is 15.7. The van der Waals surface area contributed by atoms with Gasteiger partial charge in [0, 0.05) is 17.1 Å². The van der Waals surface area contributed by atoms with Gasteiger partial charge in [-0.05, 0) is 40.3 Å². The van der Waals surface area contributed by atoms with Crippen molar-refractivity contribution in [1.82, 2.24) is 4.98 Å². The molecule has 0 aliphatic rings. The molecular formula is C24H21NO4. The number of aliphatic carboxylic acids is 2. The molecule has 2 atom stereocenters. The standard InChI is InChI=1S/C24H21NO4/c26-23(27)13-16(21-14-25-22-11-4-3-9-19(21)22)12-20(24(28)29)18-10-5-7-15-6-1-2-8-17(15)18/h1-11,14,16,20,25H,12-13H2,(H,26,27)(H,28,29). The lowest BCUT2D eigenvalue weighted by Crippen LogP contribution is -2.17. The molecule has 0 fully saturated rings. The van der Waals surface area contributed by atoms with Crippen LogP contribution in [0.2, 0.25) is 0 Å². The minimum absolute atomic E-state index is 0.129. The average Bonchev–Trinajstić information content (AvgIpc) is 3.14. The third-order valence-electron chi connectivity index (χ3n) is 5.50. The summed E-state index contributed by atoms with van der Waals surface area (Å²) in [6.45, 7) is 0. The number of hydrogen-bond acceptors (Lipinski definition) is 2. The van der Waals surface area contributed by atoms with Crippen LogP contribution in [0.25, 0.3) is 21.7 Å². The first kappa shape index (κ1) is 18.7. The second kappa shape index (κ2) is 7.80. The van der Waals surface area contributed by atoms with Crippen molar-refractivity contribution in [2.45, 2.75) is 24.7 Å². The van der Waals surface area contributed by atoms with Crippen molar-refractivity contribution in [2.24, 2.45) is 0 Å². The number of aromatic amines is 1. The van der Waals surface area contributed by atoms with E-state index in [-0.39, 0.29) is 12.8 Å². The fourth-order valence-electron chi connectivity index (χ4n) is 4.16. The van der Waals surface area contributed by atoms with Gasteiger partial charge in [0.1, 0.15) is 0 Å². The van der Waals surface area contributed by atoms with E-state index >= 15 is 0 Å². The normalized spacial score (nSPS) is 13.4. The maximum atomic E-state index is 12.2. The van der Waals surface area contributed by atoms with Gasteiger partial charge in [-0.2, -0.15) is 0 Å². The van der Waals surface area contributed by atoms with Crippen molar-refractivity contribution in [2.75, 3.05) is 0 Å². The summed E-state index contributed by atoms with van der Waals surface area (Å²) in [7, 11) is 0. The van der Waals surface area contributed by atoms with Crippen molar-refractivity contribution >= 4 is 33.6 Å². The molecule has 4 rings (SSSR count). The lowest BCUT2D eigenvalue weighted by Gasteiger charge is -2.21. The molecule has 29 heavy (non-hydrogen) atoms. The molecule has 3 N–H and O–H groups in total. The van der Waals surface area contributed by atoms with E-state index < -0.39 is 23.8 Å². The molecule has 2 unspecified atom stereocenters. The minimum atomic E-state index is -0.948. The van der Waals surface area contributed by atoms with Crippen molar-refractivity contribution in [3.63, 3.8) is 0 Å². The Morgan fingerprint density at radius 2 is 1.52 bits per heavy atom. The fourth-order valence-corrected chi connectivity index (χ4v) is 4.16. The van der Waals surface area contributed by atoms with Gasteiger partial charge in [0.15, 0.2) is 0 Å². The van der Waals surface area contributed by atoms with Crippen LogP contribution < -0.4 is 0 Å². The van der Waals surface area contributed by atoms with Crippen LogP contribution in [0.3, 0.4) is 0 Å². The Hall–Kier alpha value is -3.60. The zero-order chi connectivity index (χ0) is 20.4. The zero-order valence-corrected chi connectivity index (χ0v) is 15.7. The maximum Gasteiger partial charge on any atom is 0.311 e. The molecular weight excluding hydrogens is 366 g/mol. The van der Waals surface area contributed by atoms with Gasteiger partial charge < -0.3 is 15.2 Å². The largest absolute Gasteiger partial charge is 0.481 e. The summed E-state index contributed by atoms with van der Waals surface area (Å²) in [6, 6.07) is 21.0. The highest BCUT2D eigenvalue weighted by Gasteiger charge is 2.29. The van der Waals surface area contributed by atoms with E-state index in [4.69, 9.17) is 0 Å². The smallest absolute Gasteiger partial charge is 0.311 e. The highest BCUT2D eigenvalue weighted by Crippen LogP contribution is 2.38. The van der Waals surface area contributed by atoms with Crippen LogP contribution in [-0.4, -0.2) is 27.1 Å². The van der Waals surface area contributed by atoms with Crippen molar-refractivity contribution in [1.29, 1.82) is 0 Å². The molecule has 0 spiro atoms. The fraction of sp³-hybridized carbons (Fsp3) is 0.167. The number of carbonyl (C=O) groups is 2. The Bertz CT molecular complexity index is 1190. The summed E-state index contributed by atoms with van der Waals surface area (Å²) in [6.07, 6.45) is 1.88. The molecule has 0 bridgehead atoms. The number of benzene rings is 3. The highest BCUT2D eigenvalue weighted by atomic mass is 16.4. The summed E-state index contributed by atoms with van der Waals surface area (Å²) in [4.78, 5) is 27.0. The number of H-pyrrole nitrogens is 1. The number of aromatic nitrogens is 1. The summed E-state index contributed by atoms with van der Waals surface area (Å²) >= 11 is 0. The molecule has 5 nitrogen and oxygen atoms in total. The number of para-hydroxylation sites is 1. The molecule has 0 aliphatic carbocycles. The number of carboxylic acids is 2. The van der Waals surface area contributed by atoms with E-state index in [1.807, 2.05) is 66.7 Å². The molecule has 0 amide bonds. The average molecular weight is 387 g/mol. The van der Waals surface area contributed by atoms with Crippen LogP contribution in [0, 0.1) is 0 Å². The SMILES string of the molecule is O=C(O)CC(CC(C(=O)O)c1cccc2ccccc12)c1c[nH]c2ccccc12. The Labute approximate surface area is 167 Å². The van der Waals surface area contributed by atoms with E-state index in [0.29, 0.717) is 5.56 Å². The molecule has 146 valence electrons. The summed E-state index contributed by atoms with van der Waals surface area (Å²) in [5, 5.41) is 22.3. The predicted octanol–water partition coefficient (Wildman–Crippen LogP) is 5.14. The second-order valence-corrected chi connectivity index (χ2v) is 7.28. The Morgan fingerprint density at radius 3 is 2.28 bits per heavy atom. The van der Waals surface area contributed by atoms with E-state index in [0.717, 1.165) is 27.2 Å². The van der Waals surface area contributed by atoms with Gasteiger partial charge in [0.05, 0.1) is 12.3 Å². The van der Waals surface area contributed by atoms with Gasteiger partial charge >= 0.3 is 11.9 Å². The first-order valence-electron chi connectivity index (χ1n) is 9.53. The van der Waals surface area contributed by atoms with Gasteiger partial charge in [0.25, 0.3) is 0 Å². The van der Waals surface area contributed by atoms with Crippen LogP contribution in [0.5, 0.6) is 0 Å². The van der Waals surface area contributed by atoms with Crippen molar-refractivity contribution < 1.29 is 19.8 Å². The lowest BCUT2D eigenvalue weighted by molar-refractivity contribution is -0.140. The van der Waals surface area contributed by atoms with Crippen LogP contribution in [0.1, 0.15) is 35.8 Å². The predicted molar refractivity (Wildman–Crippen MR) is 112 cm³/mol. The molecule has 5 heteroatoms. The van der Waals surface area contributed by atoms with E-state index in [1.165, 1.54) is 0 Å². The monoisotopic (exact) mass is 387 g/mol. The highest BCUT2D eigenvalue weighted by molar-refractivity contribution is 5.91. The van der Waals surface area contributed by atoms with E-state index in [2.05, 4.69) is 4.98 Å². The third-order valence-corrected chi connectivity index (χ3v) is 5.50. The number of nitrogens with one attached hydrogen (secondary N) is 1. The molecule has 0 radical (unpaired) electrons. The van der Waals surface area contributed by atoms with Gasteiger partial charge in [-0.1, -0.05) is 60.7 Å². The van der Waals surface area contributed by atoms with Crippen LogP contribution >= 0.6 is 0 Å². The molecule has 3 aromatic carbocycles. The van der Waals surface area contributed by atoms with Crippen LogP contribution in [0.15, 0.2) is 72.9 Å². The third kappa shape index (κ3) is 3.72. The molecule has 0 aliphatic heterocycles. The lowest BCUT2D eigenvalue weighted by atomic mass is 9.82. The Morgan fingerprint density at radius 1 is 0.828 bits per heavy atom. The summed E-state index contributed by atoms with van der Waals surface area (Å²) in [5.74, 6) is -3.12. The van der Waals surface area contributed by atoms with E-state index in [1.54, 1.807) is 6.20 Å². The molecule has 4 aromatic rings. The molecule has 0 saturated carbocycles. The van der Waals surface area contributed by atoms with Gasteiger partial charge in [-0.3, -0.25) is 9.59 Å². The van der Waals surface area contributed by atoms with Crippen LogP contribution in [-0.2, 0) is 9.59 Å². The van der Waals surface area contributed by atoms with Gasteiger partial charge in [-0.15, -0.1) is 0 Å². The van der Waals surface area contributed by atoms with Crippen molar-refractivity contribution in [3.8, 4) is 0 Å². The van der Waals surface area contributed by atoms with Gasteiger partial charge in [0.2, 0.25) is 0 Å². The first-order chi connectivity index (χ1) is 14.0. The quantitative estimate of drug-likeness (QED) is 0.410. The Kier molecular flexibility index (Phi) is 5.04. The minimum Gasteiger partial charge on any atom is -0.481 e. The Balaban J connectivity index is 1.78. The van der Waals surface area contributed by atoms with Crippen molar-refractivity contribution in [3.05, 3.63) is 84.1 Å². The number of fused-ring (bicyclic) bond motifs is 2. The summed E-state index contributed by atoms with van der Waals surface area (Å²) < 4.78 is 0.